The number of hydrogen-bond donors (Lipinski definition) is 0. The SMILES string of the molecule is CCCCCC#C/C=C\c1ccccc1. The van der Waals surface area contributed by atoms with Gasteiger partial charge in [0.15, 0.2) is 0 Å². The maximum Gasteiger partial charge on any atom is 0.00922 e. The monoisotopic (exact) mass is 198 g/mol. The van der Waals surface area contributed by atoms with Crippen LogP contribution in [0.15, 0.2) is 36.4 Å². The second-order valence-corrected chi connectivity index (χ2v) is 3.52. The lowest BCUT2D eigenvalue weighted by Crippen LogP contribution is -1.70. The molecule has 1 aromatic carbocycles. The molecule has 0 atom stereocenters. The Balaban J connectivity index is 2.27. The van der Waals surface area contributed by atoms with Crippen LogP contribution in [0.25, 0.3) is 6.08 Å². The molecule has 0 heteroatoms. The van der Waals surface area contributed by atoms with E-state index in [0.29, 0.717) is 0 Å². The van der Waals surface area contributed by atoms with Crippen LogP contribution in [0.2, 0.25) is 0 Å². The standard InChI is InChI=1S/C15H18/c1-2-3-4-5-6-7-9-12-15-13-10-8-11-14-15/h8-14H,2-5H2,1H3/b12-9-. The highest BCUT2D eigenvalue weighted by atomic mass is 13.9. The summed E-state index contributed by atoms with van der Waals surface area (Å²) in [4.78, 5) is 0. The summed E-state index contributed by atoms with van der Waals surface area (Å²) in [6, 6.07) is 10.3. The Labute approximate surface area is 93.0 Å². The normalized spacial score (nSPS) is 9.93. The second-order valence-electron chi connectivity index (χ2n) is 3.52. The van der Waals surface area contributed by atoms with Gasteiger partial charge in [-0.25, -0.2) is 0 Å². The number of benzene rings is 1. The average molecular weight is 198 g/mol. The molecule has 0 heterocycles. The van der Waals surface area contributed by atoms with Gasteiger partial charge in [-0.1, -0.05) is 61.9 Å². The van der Waals surface area contributed by atoms with Gasteiger partial charge in [0.05, 0.1) is 0 Å². The van der Waals surface area contributed by atoms with E-state index in [1.54, 1.807) is 0 Å². The fourth-order valence-electron chi connectivity index (χ4n) is 1.30. The van der Waals surface area contributed by atoms with Gasteiger partial charge in [-0.05, 0) is 24.1 Å². The highest BCUT2D eigenvalue weighted by Crippen LogP contribution is 2.00. The highest BCUT2D eigenvalue weighted by Gasteiger charge is 1.81. The Morgan fingerprint density at radius 3 is 2.67 bits per heavy atom. The van der Waals surface area contributed by atoms with Crippen LogP contribution in [0.3, 0.4) is 0 Å². The largest absolute Gasteiger partial charge is 0.0985 e. The lowest BCUT2D eigenvalue weighted by atomic mass is 10.2. The summed E-state index contributed by atoms with van der Waals surface area (Å²) in [5, 5.41) is 0. The Morgan fingerprint density at radius 2 is 1.93 bits per heavy atom. The number of allylic oxidation sites excluding steroid dienone is 1. The lowest BCUT2D eigenvalue weighted by molar-refractivity contribution is 0.737. The van der Waals surface area contributed by atoms with Crippen LogP contribution in [0, 0.1) is 11.8 Å². The van der Waals surface area contributed by atoms with Crippen LogP contribution >= 0.6 is 0 Å². The summed E-state index contributed by atoms with van der Waals surface area (Å²) in [6.45, 7) is 2.21. The summed E-state index contributed by atoms with van der Waals surface area (Å²) in [6.07, 6.45) is 8.78. The van der Waals surface area contributed by atoms with E-state index >= 15 is 0 Å². The van der Waals surface area contributed by atoms with E-state index in [9.17, 15) is 0 Å². The van der Waals surface area contributed by atoms with E-state index in [2.05, 4.69) is 30.9 Å². The van der Waals surface area contributed by atoms with Gasteiger partial charge in [0.1, 0.15) is 0 Å². The molecule has 0 nitrogen and oxygen atoms in total. The van der Waals surface area contributed by atoms with Gasteiger partial charge in [0, 0.05) is 6.42 Å². The second kappa shape index (κ2) is 7.88. The van der Waals surface area contributed by atoms with E-state index in [0.717, 1.165) is 6.42 Å². The molecule has 0 radical (unpaired) electrons. The van der Waals surface area contributed by atoms with Crippen molar-refractivity contribution in [2.24, 2.45) is 0 Å². The third-order valence-electron chi connectivity index (χ3n) is 2.17. The zero-order valence-electron chi connectivity index (χ0n) is 9.37. The molecule has 0 aliphatic heterocycles. The molecular formula is C15H18. The number of rotatable bonds is 4. The Morgan fingerprint density at radius 1 is 1.13 bits per heavy atom. The number of hydrogen-bond acceptors (Lipinski definition) is 0. The molecule has 0 aliphatic rings. The first kappa shape index (κ1) is 11.6. The fraction of sp³-hybridized carbons (Fsp3) is 0.333. The minimum absolute atomic E-state index is 1.02. The van der Waals surface area contributed by atoms with Gasteiger partial charge >= 0.3 is 0 Å². The summed E-state index contributed by atoms with van der Waals surface area (Å²) in [5.74, 6) is 6.22. The molecule has 0 unspecified atom stereocenters. The Hall–Kier alpha value is -1.48. The molecule has 0 aliphatic carbocycles. The minimum Gasteiger partial charge on any atom is -0.0985 e. The molecule has 0 saturated heterocycles. The molecule has 1 aromatic rings. The van der Waals surface area contributed by atoms with Crippen molar-refractivity contribution in [2.45, 2.75) is 32.6 Å². The van der Waals surface area contributed by atoms with Gasteiger partial charge in [-0.3, -0.25) is 0 Å². The summed E-state index contributed by atoms with van der Waals surface area (Å²) >= 11 is 0. The van der Waals surface area contributed by atoms with Crippen LogP contribution in [0.5, 0.6) is 0 Å². The van der Waals surface area contributed by atoms with Crippen molar-refractivity contribution in [1.82, 2.24) is 0 Å². The molecule has 0 fully saturated rings. The van der Waals surface area contributed by atoms with Crippen molar-refractivity contribution in [3.63, 3.8) is 0 Å². The molecular weight excluding hydrogens is 180 g/mol. The third-order valence-corrected chi connectivity index (χ3v) is 2.17. The van der Waals surface area contributed by atoms with Gasteiger partial charge < -0.3 is 0 Å². The van der Waals surface area contributed by atoms with E-state index < -0.39 is 0 Å². The molecule has 0 bridgehead atoms. The Kier molecular flexibility index (Phi) is 6.09. The fourth-order valence-corrected chi connectivity index (χ4v) is 1.30. The van der Waals surface area contributed by atoms with Crippen LogP contribution in [0.4, 0.5) is 0 Å². The van der Waals surface area contributed by atoms with Gasteiger partial charge in [-0.15, -0.1) is 0 Å². The first-order chi connectivity index (χ1) is 7.43. The van der Waals surface area contributed by atoms with Gasteiger partial charge in [0.2, 0.25) is 0 Å². The average Bonchev–Trinajstić information content (AvgIpc) is 2.29. The third kappa shape index (κ3) is 5.75. The van der Waals surface area contributed by atoms with Crippen molar-refractivity contribution in [3.05, 3.63) is 42.0 Å². The van der Waals surface area contributed by atoms with E-state index in [-0.39, 0.29) is 0 Å². The van der Waals surface area contributed by atoms with Crippen LogP contribution < -0.4 is 0 Å². The van der Waals surface area contributed by atoms with Crippen molar-refractivity contribution in [1.29, 1.82) is 0 Å². The summed E-state index contributed by atoms with van der Waals surface area (Å²) in [5.41, 5.74) is 1.21. The van der Waals surface area contributed by atoms with E-state index in [4.69, 9.17) is 0 Å². The first-order valence-electron chi connectivity index (χ1n) is 5.63. The molecule has 15 heavy (non-hydrogen) atoms. The highest BCUT2D eigenvalue weighted by molar-refractivity contribution is 5.52. The Bertz CT molecular complexity index is 335. The summed E-state index contributed by atoms with van der Waals surface area (Å²) < 4.78 is 0. The van der Waals surface area contributed by atoms with Crippen LogP contribution in [-0.4, -0.2) is 0 Å². The molecule has 0 amide bonds. The lowest BCUT2D eigenvalue weighted by Gasteiger charge is -1.88. The number of unbranched alkanes of at least 4 members (excludes halogenated alkanes) is 3. The minimum atomic E-state index is 1.02. The van der Waals surface area contributed by atoms with Crippen LogP contribution in [-0.2, 0) is 0 Å². The molecule has 78 valence electrons. The predicted octanol–water partition coefficient (Wildman–Crippen LogP) is 4.28. The predicted molar refractivity (Wildman–Crippen MR) is 67.4 cm³/mol. The molecule has 0 spiro atoms. The van der Waals surface area contributed by atoms with Gasteiger partial charge in [0.25, 0.3) is 0 Å². The van der Waals surface area contributed by atoms with Crippen molar-refractivity contribution >= 4 is 6.08 Å². The van der Waals surface area contributed by atoms with E-state index in [1.165, 1.54) is 24.8 Å². The summed E-state index contributed by atoms with van der Waals surface area (Å²) in [7, 11) is 0. The van der Waals surface area contributed by atoms with Gasteiger partial charge in [-0.2, -0.15) is 0 Å². The maximum absolute atomic E-state index is 3.15. The first-order valence-corrected chi connectivity index (χ1v) is 5.63. The van der Waals surface area contributed by atoms with Crippen molar-refractivity contribution < 1.29 is 0 Å². The quantitative estimate of drug-likeness (QED) is 0.500. The maximum atomic E-state index is 3.15. The van der Waals surface area contributed by atoms with E-state index in [1.807, 2.05) is 30.4 Å². The molecule has 0 N–H and O–H groups in total. The molecule has 0 saturated carbocycles. The molecule has 1 rings (SSSR count). The van der Waals surface area contributed by atoms with Crippen molar-refractivity contribution in [3.8, 4) is 11.8 Å². The smallest absolute Gasteiger partial charge is 0.00922 e. The molecule has 0 aromatic heterocycles. The topological polar surface area (TPSA) is 0 Å². The zero-order chi connectivity index (χ0) is 10.8. The van der Waals surface area contributed by atoms with Crippen LogP contribution in [0.1, 0.15) is 38.2 Å². The van der Waals surface area contributed by atoms with Crippen molar-refractivity contribution in [2.75, 3.05) is 0 Å². The zero-order valence-corrected chi connectivity index (χ0v) is 9.37.